The summed E-state index contributed by atoms with van der Waals surface area (Å²) in [5, 5.41) is 24.1. The average molecular weight is 595 g/mol. The molecule has 0 bridgehead atoms. The van der Waals surface area contributed by atoms with Gasteiger partial charge in [0.15, 0.2) is 11.6 Å². The number of aliphatic hydroxyl groups is 2. The van der Waals surface area contributed by atoms with Crippen molar-refractivity contribution in [3.05, 3.63) is 23.3 Å². The van der Waals surface area contributed by atoms with Crippen LogP contribution in [0.15, 0.2) is 23.3 Å². The summed E-state index contributed by atoms with van der Waals surface area (Å²) in [7, 11) is 0. The van der Waals surface area contributed by atoms with Crippen molar-refractivity contribution in [1.82, 2.24) is 0 Å². The number of carbonyl (C=O) groups is 2. The first-order valence-electron chi connectivity index (χ1n) is 18.0. The number of rotatable bonds is 0. The lowest BCUT2D eigenvalue weighted by molar-refractivity contribution is -0.117. The number of hydrogen-bond acceptors (Lipinski definition) is 4. The summed E-state index contributed by atoms with van der Waals surface area (Å²) >= 11 is 0. The molecule has 0 aromatic heterocycles. The van der Waals surface area contributed by atoms with Crippen LogP contribution in [-0.4, -0.2) is 33.0 Å². The van der Waals surface area contributed by atoms with Gasteiger partial charge in [0.25, 0.3) is 0 Å². The highest BCUT2D eigenvalue weighted by molar-refractivity contribution is 5.91. The highest BCUT2D eigenvalue weighted by Gasteiger charge is 2.63. The molecule has 0 spiro atoms. The van der Waals surface area contributed by atoms with E-state index in [9.17, 15) is 19.8 Å². The van der Waals surface area contributed by atoms with E-state index in [0.29, 0.717) is 84.6 Å². The first-order chi connectivity index (χ1) is 21.1. The first kappa shape index (κ1) is 29.3. The predicted molar refractivity (Wildman–Crippen MR) is 170 cm³/mol. The van der Waals surface area contributed by atoms with Crippen LogP contribution in [-0.2, 0) is 9.59 Å². The molecule has 2 N–H and O–H groups in total. The molecule has 44 heavy (non-hydrogen) atoms. The predicted octanol–water partition coefficient (Wildman–Crippen LogP) is 6.74. The average Bonchev–Trinajstić information content (AvgIpc) is 3.44. The monoisotopic (exact) mass is 594 g/mol. The smallest absolute Gasteiger partial charge is 0.155 e. The third-order valence-corrected chi connectivity index (χ3v) is 15.5. The minimum absolute atomic E-state index is 0.230. The van der Waals surface area contributed by atoms with Gasteiger partial charge in [-0.2, -0.15) is 0 Å². The van der Waals surface area contributed by atoms with Gasteiger partial charge < -0.3 is 10.2 Å². The molecule has 234 valence electrons. The van der Waals surface area contributed by atoms with Gasteiger partial charge in [0.05, 0.1) is 0 Å². The summed E-state index contributed by atoms with van der Waals surface area (Å²) in [5.41, 5.74) is 0.276. The van der Waals surface area contributed by atoms with Crippen LogP contribution in [0.4, 0.5) is 0 Å². The van der Waals surface area contributed by atoms with Crippen molar-refractivity contribution in [2.24, 2.45) is 58.2 Å². The van der Waals surface area contributed by atoms with Crippen LogP contribution in [0.5, 0.6) is 0 Å². The minimum atomic E-state index is -1.03. The van der Waals surface area contributed by atoms with Crippen LogP contribution in [0.2, 0.25) is 0 Å². The molecule has 0 aromatic carbocycles. The van der Waals surface area contributed by atoms with Crippen molar-refractivity contribution in [1.29, 1.82) is 0 Å². The van der Waals surface area contributed by atoms with E-state index in [-0.39, 0.29) is 10.8 Å². The molecule has 8 aliphatic carbocycles. The van der Waals surface area contributed by atoms with Crippen LogP contribution in [0.25, 0.3) is 0 Å². The van der Waals surface area contributed by atoms with E-state index in [4.69, 9.17) is 0 Å². The van der Waals surface area contributed by atoms with E-state index >= 15 is 0 Å². The van der Waals surface area contributed by atoms with Gasteiger partial charge in [-0.05, 0) is 161 Å². The molecule has 6 saturated carbocycles. The topological polar surface area (TPSA) is 74.6 Å². The number of fused-ring (bicyclic) bond motifs is 10. The Balaban J connectivity index is 0.987. The maximum absolute atomic E-state index is 12.1. The molecule has 0 saturated heterocycles. The zero-order chi connectivity index (χ0) is 30.5. The second kappa shape index (κ2) is 10.2. The van der Waals surface area contributed by atoms with Crippen molar-refractivity contribution in [2.45, 2.75) is 128 Å². The molecule has 0 amide bonds. The van der Waals surface area contributed by atoms with E-state index in [2.05, 4.69) is 37.5 Å². The van der Waals surface area contributed by atoms with Crippen LogP contribution in [0.1, 0.15) is 117 Å². The highest BCUT2D eigenvalue weighted by Crippen LogP contribution is 2.66. The Morgan fingerprint density at radius 1 is 0.568 bits per heavy atom. The van der Waals surface area contributed by atoms with Crippen LogP contribution in [0.3, 0.4) is 0 Å². The number of hydrogen-bond donors (Lipinski definition) is 2. The molecule has 4 nitrogen and oxygen atoms in total. The number of carbonyl (C=O) groups excluding carboxylic acids is 2. The van der Waals surface area contributed by atoms with E-state index in [0.717, 1.165) is 77.0 Å². The number of ketones is 2. The molecular weight excluding hydrogens is 544 g/mol. The maximum Gasteiger partial charge on any atom is 0.155 e. The maximum atomic E-state index is 12.1. The van der Waals surface area contributed by atoms with Gasteiger partial charge in [-0.1, -0.05) is 36.8 Å². The molecule has 0 heterocycles. The summed E-state index contributed by atoms with van der Waals surface area (Å²) in [5.74, 6) is 18.0. The van der Waals surface area contributed by atoms with Gasteiger partial charge in [0.1, 0.15) is 11.2 Å². The Labute approximate surface area is 263 Å². The Bertz CT molecular complexity index is 1350. The molecule has 12 atom stereocenters. The summed E-state index contributed by atoms with van der Waals surface area (Å²) in [6, 6.07) is 0. The van der Waals surface area contributed by atoms with Gasteiger partial charge in [-0.15, -0.1) is 0 Å². The fourth-order valence-corrected chi connectivity index (χ4v) is 13.1. The zero-order valence-corrected chi connectivity index (χ0v) is 26.8. The molecule has 0 aliphatic heterocycles. The third-order valence-electron chi connectivity index (χ3n) is 15.5. The highest BCUT2D eigenvalue weighted by atomic mass is 16.3. The lowest BCUT2D eigenvalue weighted by atomic mass is 9.50. The number of allylic oxidation sites excluding steroid dienone is 2. The van der Waals surface area contributed by atoms with E-state index in [1.807, 2.05) is 12.2 Å². The summed E-state index contributed by atoms with van der Waals surface area (Å²) in [4.78, 5) is 24.1. The van der Waals surface area contributed by atoms with Crippen molar-refractivity contribution >= 4 is 11.6 Å². The van der Waals surface area contributed by atoms with E-state index in [1.54, 1.807) is 0 Å². The molecule has 0 unspecified atom stereocenters. The largest absolute Gasteiger partial charge is 0.377 e. The molecule has 6 fully saturated rings. The van der Waals surface area contributed by atoms with Gasteiger partial charge >= 0.3 is 0 Å². The van der Waals surface area contributed by atoms with Crippen LogP contribution < -0.4 is 0 Å². The summed E-state index contributed by atoms with van der Waals surface area (Å²) < 4.78 is 0. The zero-order valence-electron chi connectivity index (χ0n) is 26.8. The molecule has 4 heteroatoms. The lowest BCUT2D eigenvalue weighted by Crippen LogP contribution is -2.52. The molecule has 0 aromatic rings. The van der Waals surface area contributed by atoms with Crippen molar-refractivity contribution < 1.29 is 19.8 Å². The summed E-state index contributed by atoms with van der Waals surface area (Å²) in [6.07, 6.45) is 19.3. The summed E-state index contributed by atoms with van der Waals surface area (Å²) in [6.45, 7) is 4.56. The van der Waals surface area contributed by atoms with Gasteiger partial charge in [-0.3, -0.25) is 9.59 Å². The lowest BCUT2D eigenvalue weighted by Gasteiger charge is -2.54. The Kier molecular flexibility index (Phi) is 6.77. The first-order valence-corrected chi connectivity index (χ1v) is 18.0. The van der Waals surface area contributed by atoms with Crippen molar-refractivity contribution in [2.75, 3.05) is 0 Å². The Morgan fingerprint density at radius 2 is 1.00 bits per heavy atom. The molecule has 8 aliphatic rings. The van der Waals surface area contributed by atoms with Gasteiger partial charge in [0, 0.05) is 23.7 Å². The standard InChI is InChI=1S/C40H50O4/c1-37-19-13-31-29-11-7-27(41)23-25(29)5-9-33(31)35(37)15-21-39(37,43)17-3-4-18-40(44)22-16-36-34-10-6-26-24-28(42)8-12-30(26)32(34)14-20-38(36,40)2/h23-24,29-36,43-44H,5-16,19-22H2,1-2H3/t29-,30+,31-,32-,33+,34-,35+,36-,37+,38+,39-,40+/m1/s1. The molecule has 0 radical (unpaired) electrons. The third kappa shape index (κ3) is 4.12. The minimum Gasteiger partial charge on any atom is -0.377 e. The van der Waals surface area contributed by atoms with Gasteiger partial charge in [-0.25, -0.2) is 0 Å². The van der Waals surface area contributed by atoms with Crippen molar-refractivity contribution in [3.8, 4) is 23.7 Å². The molecular formula is C40H50O4. The van der Waals surface area contributed by atoms with Crippen LogP contribution >= 0.6 is 0 Å². The normalized spacial score (nSPS) is 50.5. The van der Waals surface area contributed by atoms with Crippen molar-refractivity contribution in [3.63, 3.8) is 0 Å². The Morgan fingerprint density at radius 3 is 1.43 bits per heavy atom. The fourth-order valence-electron chi connectivity index (χ4n) is 13.1. The molecule has 8 rings (SSSR count). The van der Waals surface area contributed by atoms with Crippen LogP contribution in [0, 0.1) is 81.9 Å². The Hall–Kier alpha value is -2.14. The van der Waals surface area contributed by atoms with Gasteiger partial charge in [0.2, 0.25) is 0 Å². The SMILES string of the molecule is C[C@]12CC[C@H]3[C@H](CCC4=CC(=O)CC[C@H]43)[C@@H]1CC[C@]2(O)C#CC#C[C@]1(O)CC[C@@H]2[C@@H]3CCC4=CC(=O)CC[C@@H]4[C@H]3CC[C@@]21C. The van der Waals surface area contributed by atoms with E-state index in [1.165, 1.54) is 11.1 Å². The second-order valence-electron chi connectivity index (χ2n) is 16.8. The fraction of sp³-hybridized carbons (Fsp3) is 0.750. The second-order valence-corrected chi connectivity index (χ2v) is 16.8. The quantitative estimate of drug-likeness (QED) is 0.305. The van der Waals surface area contributed by atoms with E-state index < -0.39 is 11.2 Å².